The van der Waals surface area contributed by atoms with E-state index in [1.807, 2.05) is 6.08 Å². The lowest BCUT2D eigenvalue weighted by Gasteiger charge is -2.38. The van der Waals surface area contributed by atoms with Crippen LogP contribution in [0.5, 0.6) is 0 Å². The summed E-state index contributed by atoms with van der Waals surface area (Å²) in [6.07, 6.45) is 2.40. The van der Waals surface area contributed by atoms with Crippen LogP contribution in [0.15, 0.2) is 23.3 Å². The monoisotopic (exact) mass is 397 g/mol. The highest BCUT2D eigenvalue weighted by molar-refractivity contribution is 5.87. The number of aliphatic hydroxyl groups is 3. The number of allylic oxidation sites excluding steroid dienone is 1. The summed E-state index contributed by atoms with van der Waals surface area (Å²) >= 11 is 0. The van der Waals surface area contributed by atoms with Crippen molar-refractivity contribution in [3.05, 3.63) is 23.3 Å². The summed E-state index contributed by atoms with van der Waals surface area (Å²) in [5.41, 5.74) is -3.06. The highest BCUT2D eigenvalue weighted by atomic mass is 16.6. The Labute approximate surface area is 165 Å². The minimum atomic E-state index is -2.46. The Balaban J connectivity index is 2.06. The van der Waals surface area contributed by atoms with Gasteiger partial charge in [-0.25, -0.2) is 9.59 Å². The largest absolute Gasteiger partial charge is 0.459 e. The number of hydrogen-bond acceptors (Lipinski definition) is 8. The van der Waals surface area contributed by atoms with Gasteiger partial charge in [0.1, 0.15) is 18.3 Å². The Morgan fingerprint density at radius 3 is 2.57 bits per heavy atom. The lowest BCUT2D eigenvalue weighted by atomic mass is 9.81. The number of hydrogen-bond donors (Lipinski definition) is 3. The molecule has 0 amide bonds. The second-order valence-corrected chi connectivity index (χ2v) is 8.00. The first kappa shape index (κ1) is 22.5. The van der Waals surface area contributed by atoms with E-state index >= 15 is 0 Å². The van der Waals surface area contributed by atoms with Gasteiger partial charge in [-0.05, 0) is 46.6 Å². The fourth-order valence-electron chi connectivity index (χ4n) is 3.66. The molecule has 0 saturated carbocycles. The molecule has 2 aliphatic heterocycles. The van der Waals surface area contributed by atoms with Crippen molar-refractivity contribution in [1.82, 2.24) is 4.90 Å². The maximum Gasteiger partial charge on any atom is 0.344 e. The van der Waals surface area contributed by atoms with Crippen molar-refractivity contribution in [2.24, 2.45) is 0 Å². The summed E-state index contributed by atoms with van der Waals surface area (Å²) in [6, 6.07) is -0.191. The number of carbonyl (C=O) groups is 2. The first-order chi connectivity index (χ1) is 12.9. The first-order valence-corrected chi connectivity index (χ1v) is 9.50. The van der Waals surface area contributed by atoms with Crippen molar-refractivity contribution in [1.29, 1.82) is 0 Å². The summed E-state index contributed by atoms with van der Waals surface area (Å²) < 4.78 is 10.9. The summed E-state index contributed by atoms with van der Waals surface area (Å²) in [6.45, 7) is 8.42. The molecule has 0 aromatic carbocycles. The van der Waals surface area contributed by atoms with Gasteiger partial charge in [0, 0.05) is 18.7 Å². The van der Waals surface area contributed by atoms with E-state index in [9.17, 15) is 24.9 Å². The second kappa shape index (κ2) is 8.32. The van der Waals surface area contributed by atoms with Crippen molar-refractivity contribution < 1.29 is 34.4 Å². The third-order valence-corrected chi connectivity index (χ3v) is 5.65. The fourth-order valence-corrected chi connectivity index (χ4v) is 3.66. The van der Waals surface area contributed by atoms with Crippen LogP contribution in [0.25, 0.3) is 0 Å². The molecular weight excluding hydrogens is 366 g/mol. The predicted molar refractivity (Wildman–Crippen MR) is 101 cm³/mol. The van der Waals surface area contributed by atoms with Gasteiger partial charge < -0.3 is 24.8 Å². The SMILES string of the molecule is C/C=C(\C)C(=O)O[C@@H]1CCN2CC=C(COC(=O)[C@](O)([C@@H](C)O)C(C)(C)O)[C@H]12. The molecule has 158 valence electrons. The zero-order valence-electron chi connectivity index (χ0n) is 17.1. The topological polar surface area (TPSA) is 117 Å². The lowest BCUT2D eigenvalue weighted by molar-refractivity contribution is -0.213. The highest BCUT2D eigenvalue weighted by Gasteiger charge is 2.54. The second-order valence-electron chi connectivity index (χ2n) is 8.00. The van der Waals surface area contributed by atoms with Crippen molar-refractivity contribution in [3.63, 3.8) is 0 Å². The molecule has 8 nitrogen and oxygen atoms in total. The minimum Gasteiger partial charge on any atom is -0.459 e. The zero-order valence-corrected chi connectivity index (χ0v) is 17.1. The summed E-state index contributed by atoms with van der Waals surface area (Å²) in [5, 5.41) is 30.5. The number of carbonyl (C=O) groups excluding carboxylic acids is 2. The molecule has 0 spiro atoms. The van der Waals surface area contributed by atoms with E-state index in [0.29, 0.717) is 18.5 Å². The molecule has 2 heterocycles. The Morgan fingerprint density at radius 1 is 1.39 bits per heavy atom. The average molecular weight is 397 g/mol. The summed E-state index contributed by atoms with van der Waals surface area (Å²) in [7, 11) is 0. The molecule has 8 heteroatoms. The Hall–Kier alpha value is -1.74. The highest BCUT2D eigenvalue weighted by Crippen LogP contribution is 2.33. The van der Waals surface area contributed by atoms with E-state index < -0.39 is 23.3 Å². The number of rotatable bonds is 7. The summed E-state index contributed by atoms with van der Waals surface area (Å²) in [4.78, 5) is 26.7. The van der Waals surface area contributed by atoms with Crippen LogP contribution in [-0.4, -0.2) is 81.3 Å². The smallest absolute Gasteiger partial charge is 0.344 e. The zero-order chi connectivity index (χ0) is 21.3. The van der Waals surface area contributed by atoms with Gasteiger partial charge in [0.05, 0.1) is 12.1 Å². The molecule has 28 heavy (non-hydrogen) atoms. The molecule has 0 bridgehead atoms. The number of esters is 2. The van der Waals surface area contributed by atoms with Gasteiger partial charge in [-0.3, -0.25) is 4.90 Å². The molecule has 3 N–H and O–H groups in total. The summed E-state index contributed by atoms with van der Waals surface area (Å²) in [5.74, 6) is -1.48. The van der Waals surface area contributed by atoms with Gasteiger partial charge in [-0.15, -0.1) is 0 Å². The van der Waals surface area contributed by atoms with E-state index in [1.165, 1.54) is 20.8 Å². The maximum absolute atomic E-state index is 12.5. The van der Waals surface area contributed by atoms with E-state index in [1.54, 1.807) is 19.9 Å². The van der Waals surface area contributed by atoms with Crippen LogP contribution < -0.4 is 0 Å². The number of nitrogens with zero attached hydrogens (tertiary/aromatic N) is 1. The van der Waals surface area contributed by atoms with Crippen LogP contribution in [-0.2, 0) is 19.1 Å². The van der Waals surface area contributed by atoms with Crippen molar-refractivity contribution in [3.8, 4) is 0 Å². The van der Waals surface area contributed by atoms with Gasteiger partial charge in [0.25, 0.3) is 0 Å². The van der Waals surface area contributed by atoms with Crippen molar-refractivity contribution >= 4 is 11.9 Å². The number of fused-ring (bicyclic) bond motifs is 1. The van der Waals surface area contributed by atoms with Crippen molar-refractivity contribution in [2.45, 2.75) is 70.5 Å². The predicted octanol–water partition coefficient (Wildman–Crippen LogP) is 0.305. The van der Waals surface area contributed by atoms with Gasteiger partial charge in [0.15, 0.2) is 0 Å². The Bertz CT molecular complexity index is 677. The van der Waals surface area contributed by atoms with Crippen LogP contribution in [0.4, 0.5) is 0 Å². The standard InChI is InChI=1S/C20H31NO7/c1-6-12(2)17(23)28-15-8-10-21-9-7-14(16(15)21)11-27-18(24)20(26,13(3)22)19(4,5)25/h6-7,13,15-16,22,25-26H,8-11H2,1-5H3/b12-6+/t13-,15-,16-,20-/m1/s1. The van der Waals surface area contributed by atoms with Crippen LogP contribution >= 0.6 is 0 Å². The molecule has 1 saturated heterocycles. The Morgan fingerprint density at radius 2 is 2.04 bits per heavy atom. The van der Waals surface area contributed by atoms with Gasteiger partial charge in [-0.2, -0.15) is 0 Å². The van der Waals surface area contributed by atoms with E-state index in [0.717, 1.165) is 12.1 Å². The minimum absolute atomic E-state index is 0.123. The quantitative estimate of drug-likeness (QED) is 0.319. The molecule has 0 unspecified atom stereocenters. The van der Waals surface area contributed by atoms with Crippen LogP contribution in [0.2, 0.25) is 0 Å². The molecule has 4 atom stereocenters. The molecule has 1 fully saturated rings. The molecular formula is C20H31NO7. The van der Waals surface area contributed by atoms with E-state index in [2.05, 4.69) is 4.90 Å². The normalized spacial score (nSPS) is 26.3. The van der Waals surface area contributed by atoms with Crippen LogP contribution in [0, 0.1) is 0 Å². The van der Waals surface area contributed by atoms with Crippen molar-refractivity contribution in [2.75, 3.05) is 19.7 Å². The van der Waals surface area contributed by atoms with Crippen LogP contribution in [0.3, 0.4) is 0 Å². The molecule has 2 rings (SSSR count). The average Bonchev–Trinajstić information content (AvgIpc) is 3.20. The van der Waals surface area contributed by atoms with Gasteiger partial charge in [-0.1, -0.05) is 12.2 Å². The lowest BCUT2D eigenvalue weighted by Crippen LogP contribution is -2.63. The Kier molecular flexibility index (Phi) is 6.70. The maximum atomic E-state index is 12.5. The third kappa shape index (κ3) is 4.15. The number of ether oxygens (including phenoxy) is 2. The molecule has 0 radical (unpaired) electrons. The third-order valence-electron chi connectivity index (χ3n) is 5.65. The van der Waals surface area contributed by atoms with E-state index in [4.69, 9.17) is 9.47 Å². The number of aliphatic hydroxyl groups excluding tert-OH is 1. The molecule has 0 aromatic heterocycles. The molecule has 0 aromatic rings. The molecule has 2 aliphatic rings. The van der Waals surface area contributed by atoms with E-state index in [-0.39, 0.29) is 24.7 Å². The first-order valence-electron chi connectivity index (χ1n) is 9.50. The molecule has 0 aliphatic carbocycles. The fraction of sp³-hybridized carbons (Fsp3) is 0.700. The van der Waals surface area contributed by atoms with Gasteiger partial charge >= 0.3 is 11.9 Å². The van der Waals surface area contributed by atoms with Crippen LogP contribution in [0.1, 0.15) is 41.0 Å². The van der Waals surface area contributed by atoms with Gasteiger partial charge in [0.2, 0.25) is 5.60 Å².